The zero-order valence-electron chi connectivity index (χ0n) is 9.72. The van der Waals surface area contributed by atoms with E-state index in [0.717, 1.165) is 38.1 Å². The molecule has 1 unspecified atom stereocenters. The predicted octanol–water partition coefficient (Wildman–Crippen LogP) is 2.44. The van der Waals surface area contributed by atoms with Gasteiger partial charge in [-0.15, -0.1) is 0 Å². The van der Waals surface area contributed by atoms with Crippen molar-refractivity contribution in [2.75, 3.05) is 26.3 Å². The van der Waals surface area contributed by atoms with Gasteiger partial charge in [0.2, 0.25) is 0 Å². The highest BCUT2D eigenvalue weighted by Gasteiger charge is 2.24. The van der Waals surface area contributed by atoms with E-state index < -0.39 is 0 Å². The van der Waals surface area contributed by atoms with Gasteiger partial charge in [0, 0.05) is 13.2 Å². The third kappa shape index (κ3) is 3.97. The lowest BCUT2D eigenvalue weighted by Crippen LogP contribution is -2.30. The minimum absolute atomic E-state index is 0.748. The van der Waals surface area contributed by atoms with Gasteiger partial charge in [0.15, 0.2) is 0 Å². The van der Waals surface area contributed by atoms with Crippen LogP contribution in [0.25, 0.3) is 0 Å². The third-order valence-corrected chi connectivity index (χ3v) is 3.26. The van der Waals surface area contributed by atoms with E-state index in [-0.39, 0.29) is 0 Å². The van der Waals surface area contributed by atoms with E-state index in [0.29, 0.717) is 0 Å². The maximum Gasteiger partial charge on any atom is 0.0508 e. The molecule has 2 heteroatoms. The summed E-state index contributed by atoms with van der Waals surface area (Å²) >= 11 is 0. The molecule has 1 aliphatic rings. The highest BCUT2D eigenvalue weighted by Crippen LogP contribution is 2.31. The van der Waals surface area contributed by atoms with Crippen LogP contribution in [0, 0.1) is 11.8 Å². The van der Waals surface area contributed by atoms with Crippen LogP contribution >= 0.6 is 0 Å². The second kappa shape index (κ2) is 7.24. The van der Waals surface area contributed by atoms with Crippen molar-refractivity contribution < 1.29 is 4.74 Å². The van der Waals surface area contributed by atoms with Crippen molar-refractivity contribution in [3.63, 3.8) is 0 Å². The number of ether oxygens (including phenoxy) is 1. The first-order valence-corrected chi connectivity index (χ1v) is 6.16. The van der Waals surface area contributed by atoms with E-state index in [9.17, 15) is 0 Å². The van der Waals surface area contributed by atoms with Crippen molar-refractivity contribution in [1.82, 2.24) is 5.32 Å². The monoisotopic (exact) mass is 199 g/mol. The minimum Gasteiger partial charge on any atom is -0.381 e. The molecule has 0 saturated heterocycles. The summed E-state index contributed by atoms with van der Waals surface area (Å²) in [5.74, 6) is 1.66. The van der Waals surface area contributed by atoms with E-state index in [4.69, 9.17) is 4.74 Å². The minimum atomic E-state index is 0.748. The summed E-state index contributed by atoms with van der Waals surface area (Å²) in [6.45, 7) is 8.28. The molecule has 1 N–H and O–H groups in total. The van der Waals surface area contributed by atoms with Gasteiger partial charge in [-0.25, -0.2) is 0 Å². The molecule has 1 saturated carbocycles. The van der Waals surface area contributed by atoms with Crippen LogP contribution in [0.3, 0.4) is 0 Å². The molecule has 2 nitrogen and oxygen atoms in total. The molecule has 84 valence electrons. The lowest BCUT2D eigenvalue weighted by atomic mass is 9.91. The van der Waals surface area contributed by atoms with Gasteiger partial charge < -0.3 is 10.1 Å². The highest BCUT2D eigenvalue weighted by molar-refractivity contribution is 4.76. The summed E-state index contributed by atoms with van der Waals surface area (Å²) in [6, 6.07) is 0. The highest BCUT2D eigenvalue weighted by atomic mass is 16.5. The maximum absolute atomic E-state index is 5.57. The first-order chi connectivity index (χ1) is 6.88. The molecule has 1 fully saturated rings. The van der Waals surface area contributed by atoms with E-state index >= 15 is 0 Å². The van der Waals surface area contributed by atoms with Gasteiger partial charge in [0.05, 0.1) is 6.61 Å². The first-order valence-electron chi connectivity index (χ1n) is 6.16. The summed E-state index contributed by atoms with van der Waals surface area (Å²) in [6.07, 6.45) is 5.70. The van der Waals surface area contributed by atoms with E-state index in [1.54, 1.807) is 0 Å². The second-order valence-electron chi connectivity index (χ2n) is 4.27. The summed E-state index contributed by atoms with van der Waals surface area (Å²) in [5, 5.41) is 3.45. The molecule has 1 aliphatic carbocycles. The smallest absolute Gasteiger partial charge is 0.0508 e. The molecule has 0 aromatic heterocycles. The van der Waals surface area contributed by atoms with Gasteiger partial charge >= 0.3 is 0 Å². The lowest BCUT2D eigenvalue weighted by molar-refractivity contribution is 0.0863. The topological polar surface area (TPSA) is 21.3 Å². The van der Waals surface area contributed by atoms with E-state index in [1.165, 1.54) is 25.7 Å². The largest absolute Gasteiger partial charge is 0.381 e. The van der Waals surface area contributed by atoms with Crippen LogP contribution in [0.5, 0.6) is 0 Å². The molecule has 0 amide bonds. The Morgan fingerprint density at radius 2 is 2.00 bits per heavy atom. The van der Waals surface area contributed by atoms with E-state index in [2.05, 4.69) is 19.2 Å². The van der Waals surface area contributed by atoms with Crippen molar-refractivity contribution in [1.29, 1.82) is 0 Å². The standard InChI is InChI=1S/C12H25NO/c1-3-13-9-12(10-14-4-2)11-7-5-6-8-11/h11-13H,3-10H2,1-2H3. The molecule has 0 heterocycles. The molecular formula is C12H25NO. The zero-order chi connectivity index (χ0) is 10.2. The van der Waals surface area contributed by atoms with Crippen molar-refractivity contribution in [3.8, 4) is 0 Å². The van der Waals surface area contributed by atoms with Gasteiger partial charge in [-0.2, -0.15) is 0 Å². The number of hydrogen-bond donors (Lipinski definition) is 1. The molecule has 0 radical (unpaired) electrons. The van der Waals surface area contributed by atoms with Gasteiger partial charge in [0.25, 0.3) is 0 Å². The van der Waals surface area contributed by atoms with Gasteiger partial charge in [-0.1, -0.05) is 32.6 Å². The normalized spacial score (nSPS) is 20.1. The van der Waals surface area contributed by atoms with E-state index in [1.807, 2.05) is 0 Å². The quantitative estimate of drug-likeness (QED) is 0.680. The summed E-state index contributed by atoms with van der Waals surface area (Å²) in [4.78, 5) is 0. The average Bonchev–Trinajstić information content (AvgIpc) is 2.71. The summed E-state index contributed by atoms with van der Waals surface area (Å²) < 4.78 is 5.57. The number of rotatable bonds is 7. The molecule has 1 rings (SSSR count). The molecule has 1 atom stereocenters. The van der Waals surface area contributed by atoms with Crippen molar-refractivity contribution in [2.45, 2.75) is 39.5 Å². The van der Waals surface area contributed by atoms with Gasteiger partial charge in [0.1, 0.15) is 0 Å². The molecule has 0 aromatic carbocycles. The van der Waals surface area contributed by atoms with Gasteiger partial charge in [-0.05, 0) is 25.3 Å². The Labute approximate surface area is 88.4 Å². The Balaban J connectivity index is 2.26. The summed E-state index contributed by atoms with van der Waals surface area (Å²) in [7, 11) is 0. The third-order valence-electron chi connectivity index (χ3n) is 3.26. The van der Waals surface area contributed by atoms with Gasteiger partial charge in [-0.3, -0.25) is 0 Å². The molecule has 0 aliphatic heterocycles. The van der Waals surface area contributed by atoms with Crippen LogP contribution in [0.15, 0.2) is 0 Å². The van der Waals surface area contributed by atoms with Crippen LogP contribution in [-0.4, -0.2) is 26.3 Å². The Hall–Kier alpha value is -0.0800. The lowest BCUT2D eigenvalue weighted by Gasteiger charge is -2.23. The fraction of sp³-hybridized carbons (Fsp3) is 1.00. The van der Waals surface area contributed by atoms with Crippen LogP contribution in [0.1, 0.15) is 39.5 Å². The fourth-order valence-electron chi connectivity index (χ4n) is 2.39. The molecule has 0 bridgehead atoms. The van der Waals surface area contributed by atoms with Crippen LogP contribution in [0.2, 0.25) is 0 Å². The predicted molar refractivity (Wildman–Crippen MR) is 60.5 cm³/mol. The Bertz CT molecular complexity index is 124. The molecular weight excluding hydrogens is 174 g/mol. The van der Waals surface area contributed by atoms with Crippen LogP contribution in [0.4, 0.5) is 0 Å². The summed E-state index contributed by atoms with van der Waals surface area (Å²) in [5.41, 5.74) is 0. The first kappa shape index (κ1) is 12.0. The van der Waals surface area contributed by atoms with Crippen molar-refractivity contribution >= 4 is 0 Å². The average molecular weight is 199 g/mol. The molecule has 0 spiro atoms. The second-order valence-corrected chi connectivity index (χ2v) is 4.27. The molecule has 14 heavy (non-hydrogen) atoms. The fourth-order valence-corrected chi connectivity index (χ4v) is 2.39. The maximum atomic E-state index is 5.57. The zero-order valence-corrected chi connectivity index (χ0v) is 9.72. The van der Waals surface area contributed by atoms with Crippen LogP contribution < -0.4 is 5.32 Å². The van der Waals surface area contributed by atoms with Crippen LogP contribution in [-0.2, 0) is 4.74 Å². The number of hydrogen-bond acceptors (Lipinski definition) is 2. The van der Waals surface area contributed by atoms with Crippen molar-refractivity contribution in [2.24, 2.45) is 11.8 Å². The Morgan fingerprint density at radius 1 is 1.29 bits per heavy atom. The SMILES string of the molecule is CCNCC(COCC)C1CCCC1. The Kier molecular flexibility index (Phi) is 6.20. The number of nitrogens with one attached hydrogen (secondary N) is 1. The Morgan fingerprint density at radius 3 is 2.57 bits per heavy atom. The van der Waals surface area contributed by atoms with Crippen molar-refractivity contribution in [3.05, 3.63) is 0 Å². The molecule has 0 aromatic rings.